The van der Waals surface area contributed by atoms with Crippen molar-refractivity contribution in [1.82, 2.24) is 21.2 Å². The normalized spacial score (nSPS) is 11.8. The fraction of sp³-hybridized carbons (Fsp3) is 0.333. The Labute approximate surface area is 220 Å². The van der Waals surface area contributed by atoms with Crippen LogP contribution in [0.25, 0.3) is 10.9 Å². The molecule has 1 aromatic heterocycles. The number of nitrogens with one attached hydrogen (secondary N) is 5. The number of benzene rings is 2. The molecule has 2 aromatic carbocycles. The molecule has 1 heterocycles. The van der Waals surface area contributed by atoms with E-state index in [4.69, 9.17) is 9.47 Å². The molecule has 0 radical (unpaired) electrons. The number of aromatic amines is 1. The second-order valence-electron chi connectivity index (χ2n) is 9.51. The number of rotatable bonds is 8. The molecule has 0 unspecified atom stereocenters. The van der Waals surface area contributed by atoms with Crippen LogP contribution in [0, 0.1) is 0 Å². The quantitative estimate of drug-likeness (QED) is 0.285. The molecule has 38 heavy (non-hydrogen) atoms. The number of hydrazine groups is 1. The van der Waals surface area contributed by atoms with Crippen LogP contribution >= 0.6 is 0 Å². The van der Waals surface area contributed by atoms with Gasteiger partial charge in [-0.2, -0.15) is 0 Å². The number of fused-ring (bicyclic) bond motifs is 1. The maximum absolute atomic E-state index is 12.9. The van der Waals surface area contributed by atoms with E-state index in [0.29, 0.717) is 5.69 Å². The molecule has 3 rings (SSSR count). The summed E-state index contributed by atoms with van der Waals surface area (Å²) >= 11 is 0. The average molecular weight is 524 g/mol. The van der Waals surface area contributed by atoms with Crippen LogP contribution in [0.2, 0.25) is 0 Å². The Balaban J connectivity index is 1.57. The highest BCUT2D eigenvalue weighted by Gasteiger charge is 2.26. The lowest BCUT2D eigenvalue weighted by Gasteiger charge is -2.23. The third kappa shape index (κ3) is 8.26. The van der Waals surface area contributed by atoms with Crippen LogP contribution in [0.1, 0.15) is 38.8 Å². The van der Waals surface area contributed by atoms with Gasteiger partial charge >= 0.3 is 12.2 Å². The number of H-pyrrole nitrogens is 1. The van der Waals surface area contributed by atoms with Gasteiger partial charge in [0.25, 0.3) is 11.8 Å². The van der Waals surface area contributed by atoms with Gasteiger partial charge < -0.3 is 25.1 Å². The molecule has 0 spiro atoms. The Kier molecular flexibility index (Phi) is 9.31. The fourth-order valence-corrected chi connectivity index (χ4v) is 3.68. The number of alkyl carbamates (subject to hydrolysis) is 1. The Morgan fingerprint density at radius 3 is 2.37 bits per heavy atom. The van der Waals surface area contributed by atoms with E-state index in [1.807, 2.05) is 43.3 Å². The number of hydrogen-bond acceptors (Lipinski definition) is 6. The van der Waals surface area contributed by atoms with Crippen molar-refractivity contribution in [2.75, 3.05) is 11.9 Å². The second kappa shape index (κ2) is 12.6. The minimum atomic E-state index is -1.08. The number of para-hydroxylation sites is 2. The maximum Gasteiger partial charge on any atom is 0.426 e. The molecule has 0 aliphatic carbocycles. The van der Waals surface area contributed by atoms with Crippen molar-refractivity contribution in [1.29, 1.82) is 0 Å². The number of anilines is 1. The molecule has 5 N–H and O–H groups in total. The number of aryl methyl sites for hydroxylation is 1. The molecule has 0 bridgehead atoms. The molecule has 1 atom stereocenters. The van der Waals surface area contributed by atoms with E-state index < -0.39 is 42.3 Å². The van der Waals surface area contributed by atoms with Gasteiger partial charge in [0.05, 0.1) is 0 Å². The lowest BCUT2D eigenvalue weighted by atomic mass is 10.0. The molecule has 3 aromatic rings. The van der Waals surface area contributed by atoms with Gasteiger partial charge in [-0.3, -0.25) is 15.0 Å². The van der Waals surface area contributed by atoms with Gasteiger partial charge in [-0.25, -0.2) is 15.0 Å². The van der Waals surface area contributed by atoms with E-state index >= 15 is 0 Å². The average Bonchev–Trinajstić information content (AvgIpc) is 3.27. The second-order valence-corrected chi connectivity index (χ2v) is 9.51. The van der Waals surface area contributed by atoms with Crippen LogP contribution < -0.4 is 21.5 Å². The molecule has 0 saturated carbocycles. The summed E-state index contributed by atoms with van der Waals surface area (Å²) in [5, 5.41) is 6.12. The van der Waals surface area contributed by atoms with E-state index in [1.54, 1.807) is 39.1 Å². The van der Waals surface area contributed by atoms with Crippen molar-refractivity contribution in [2.24, 2.45) is 0 Å². The summed E-state index contributed by atoms with van der Waals surface area (Å²) in [6.45, 7) is 6.51. The van der Waals surface area contributed by atoms with Crippen LogP contribution in [0.3, 0.4) is 0 Å². The third-order valence-electron chi connectivity index (χ3n) is 5.40. The first kappa shape index (κ1) is 28.0. The van der Waals surface area contributed by atoms with E-state index in [0.717, 1.165) is 28.5 Å². The summed E-state index contributed by atoms with van der Waals surface area (Å²) in [7, 11) is 0. The van der Waals surface area contributed by atoms with E-state index in [-0.39, 0.29) is 6.42 Å². The number of aromatic nitrogens is 1. The smallest absolute Gasteiger partial charge is 0.426 e. The summed E-state index contributed by atoms with van der Waals surface area (Å²) < 4.78 is 10.2. The number of carbonyl (C=O) groups excluding carboxylic acids is 4. The van der Waals surface area contributed by atoms with E-state index in [9.17, 15) is 19.2 Å². The Morgan fingerprint density at radius 2 is 1.63 bits per heavy atom. The zero-order valence-corrected chi connectivity index (χ0v) is 21.8. The van der Waals surface area contributed by atoms with Crippen LogP contribution in [-0.2, 0) is 31.9 Å². The fourth-order valence-electron chi connectivity index (χ4n) is 3.68. The zero-order valence-electron chi connectivity index (χ0n) is 21.8. The van der Waals surface area contributed by atoms with Crippen LogP contribution in [0.4, 0.5) is 15.3 Å². The summed E-state index contributed by atoms with van der Waals surface area (Å²) in [6.07, 6.45) is 0.759. The molecule has 4 amide bonds. The summed E-state index contributed by atoms with van der Waals surface area (Å²) in [5.41, 5.74) is 6.79. The van der Waals surface area contributed by atoms with Crippen LogP contribution in [0.15, 0.2) is 54.7 Å². The highest BCUT2D eigenvalue weighted by Crippen LogP contribution is 2.19. The maximum atomic E-state index is 12.9. The van der Waals surface area contributed by atoms with E-state index in [1.165, 1.54) is 0 Å². The van der Waals surface area contributed by atoms with Crippen molar-refractivity contribution in [3.63, 3.8) is 0 Å². The first-order valence-electron chi connectivity index (χ1n) is 12.2. The van der Waals surface area contributed by atoms with Gasteiger partial charge in [-0.15, -0.1) is 0 Å². The van der Waals surface area contributed by atoms with Gasteiger partial charge in [0.2, 0.25) is 0 Å². The predicted molar refractivity (Wildman–Crippen MR) is 142 cm³/mol. The van der Waals surface area contributed by atoms with Gasteiger partial charge in [0.1, 0.15) is 11.6 Å². The summed E-state index contributed by atoms with van der Waals surface area (Å²) in [6, 6.07) is 13.7. The minimum absolute atomic E-state index is 0.116. The number of hydrogen-bond donors (Lipinski definition) is 5. The summed E-state index contributed by atoms with van der Waals surface area (Å²) in [5.74, 6) is -1.24. The SMILES string of the molecule is CCc1ccccc1NC(=O)COC(=O)NNC(=O)[C@@H](Cc1c[nH]c2ccccc12)NC(=O)OC(C)(C)C. The topological polar surface area (TPSA) is 151 Å². The Morgan fingerprint density at radius 1 is 0.921 bits per heavy atom. The van der Waals surface area contributed by atoms with Crippen molar-refractivity contribution < 1.29 is 28.7 Å². The lowest BCUT2D eigenvalue weighted by Crippen LogP contribution is -2.54. The molecule has 0 aliphatic heterocycles. The van der Waals surface area contributed by atoms with Crippen molar-refractivity contribution in [2.45, 2.75) is 52.2 Å². The molecular weight excluding hydrogens is 490 g/mol. The molecular formula is C27H33N5O6. The zero-order chi connectivity index (χ0) is 27.7. The van der Waals surface area contributed by atoms with Crippen LogP contribution in [-0.4, -0.2) is 47.2 Å². The number of ether oxygens (including phenoxy) is 2. The highest BCUT2D eigenvalue weighted by atomic mass is 16.6. The molecule has 11 nitrogen and oxygen atoms in total. The largest absolute Gasteiger partial charge is 0.444 e. The highest BCUT2D eigenvalue weighted by molar-refractivity contribution is 5.93. The summed E-state index contributed by atoms with van der Waals surface area (Å²) in [4.78, 5) is 52.7. The first-order valence-corrected chi connectivity index (χ1v) is 12.2. The van der Waals surface area contributed by atoms with Crippen LogP contribution in [0.5, 0.6) is 0 Å². The van der Waals surface area contributed by atoms with Gasteiger partial charge in [-0.1, -0.05) is 43.3 Å². The molecule has 11 heteroatoms. The van der Waals surface area contributed by atoms with Gasteiger partial charge in [0.15, 0.2) is 6.61 Å². The van der Waals surface area contributed by atoms with Crippen molar-refractivity contribution in [3.05, 3.63) is 65.9 Å². The standard InChI is InChI=1S/C27H33N5O6/c1-5-17-10-6-8-12-20(17)29-23(33)16-37-26(36)32-31-24(34)22(30-25(35)38-27(2,3)4)14-18-15-28-21-13-9-7-11-19(18)21/h6-13,15,22,28H,5,14,16H2,1-4H3,(H,29,33)(H,30,35)(H,31,34)(H,32,36)/t22-/m1/s1. The van der Waals surface area contributed by atoms with Crippen molar-refractivity contribution >= 4 is 40.6 Å². The number of amides is 4. The lowest BCUT2D eigenvalue weighted by molar-refractivity contribution is -0.124. The van der Waals surface area contributed by atoms with Crippen molar-refractivity contribution in [3.8, 4) is 0 Å². The van der Waals surface area contributed by atoms with E-state index in [2.05, 4.69) is 26.5 Å². The Hall–Kier alpha value is -4.54. The predicted octanol–water partition coefficient (Wildman–Crippen LogP) is 3.56. The third-order valence-corrected chi connectivity index (χ3v) is 5.40. The first-order chi connectivity index (χ1) is 18.1. The van der Waals surface area contributed by atoms with Gasteiger partial charge in [-0.05, 0) is 50.5 Å². The molecule has 0 aliphatic rings. The Bertz CT molecular complexity index is 1300. The minimum Gasteiger partial charge on any atom is -0.444 e. The molecule has 0 saturated heterocycles. The monoisotopic (exact) mass is 523 g/mol. The molecule has 0 fully saturated rings. The molecule has 202 valence electrons. The number of carbonyl (C=O) groups is 4. The van der Waals surface area contributed by atoms with Gasteiger partial charge in [0, 0.05) is 29.2 Å².